The van der Waals surface area contributed by atoms with Crippen LogP contribution in [-0.4, -0.2) is 25.3 Å². The predicted octanol–water partition coefficient (Wildman–Crippen LogP) is 3.21. The Morgan fingerprint density at radius 1 is 1.05 bits per heavy atom. The highest BCUT2D eigenvalue weighted by Crippen LogP contribution is 2.37. The number of carboxylic acids is 1. The molecule has 20 heavy (non-hydrogen) atoms. The lowest BCUT2D eigenvalue weighted by Crippen LogP contribution is -2.02. The van der Waals surface area contributed by atoms with Crippen molar-refractivity contribution in [2.75, 3.05) is 14.2 Å². The van der Waals surface area contributed by atoms with Crippen molar-refractivity contribution in [1.29, 1.82) is 0 Å². The molecule has 1 N–H and O–H groups in total. The summed E-state index contributed by atoms with van der Waals surface area (Å²) in [4.78, 5) is 11.2. The zero-order chi connectivity index (χ0) is 14.7. The largest absolute Gasteiger partial charge is 0.495 e. The van der Waals surface area contributed by atoms with Gasteiger partial charge in [0.1, 0.15) is 11.3 Å². The molecular weight excluding hydrogens is 263 g/mol. The van der Waals surface area contributed by atoms with Crippen LogP contribution >= 0.6 is 0 Å². The van der Waals surface area contributed by atoms with Crippen molar-refractivity contribution in [3.05, 3.63) is 47.8 Å². The number of hydrogen-bond donors (Lipinski definition) is 1. The van der Waals surface area contributed by atoms with E-state index in [4.69, 9.17) is 14.6 Å². The van der Waals surface area contributed by atoms with Gasteiger partial charge < -0.3 is 14.6 Å². The van der Waals surface area contributed by atoms with Gasteiger partial charge in [-0.15, -0.1) is 0 Å². The average molecular weight is 276 g/mol. The maximum atomic E-state index is 14.3. The summed E-state index contributed by atoms with van der Waals surface area (Å²) in [7, 11) is 2.72. The van der Waals surface area contributed by atoms with Gasteiger partial charge >= 0.3 is 5.97 Å². The molecule has 0 bridgehead atoms. The first-order valence-corrected chi connectivity index (χ1v) is 5.83. The molecule has 0 spiro atoms. The summed E-state index contributed by atoms with van der Waals surface area (Å²) in [5, 5.41) is 9.14. The highest BCUT2D eigenvalue weighted by Gasteiger charge is 2.19. The Bertz CT molecular complexity index is 652. The lowest BCUT2D eigenvalue weighted by molar-refractivity contribution is 0.0693. The highest BCUT2D eigenvalue weighted by atomic mass is 19.1. The number of aromatic carboxylic acids is 1. The van der Waals surface area contributed by atoms with E-state index in [-0.39, 0.29) is 22.6 Å². The average Bonchev–Trinajstić information content (AvgIpc) is 2.46. The molecule has 0 aliphatic rings. The summed E-state index contributed by atoms with van der Waals surface area (Å²) >= 11 is 0. The molecule has 2 aromatic rings. The van der Waals surface area contributed by atoms with Crippen LogP contribution < -0.4 is 9.47 Å². The lowest BCUT2D eigenvalue weighted by atomic mass is 10.0. The first-order valence-electron chi connectivity index (χ1n) is 5.83. The smallest absolute Gasteiger partial charge is 0.339 e. The van der Waals surface area contributed by atoms with Crippen molar-refractivity contribution in [1.82, 2.24) is 0 Å². The number of rotatable bonds is 4. The highest BCUT2D eigenvalue weighted by molar-refractivity contribution is 5.94. The van der Waals surface area contributed by atoms with E-state index in [1.807, 2.05) is 0 Å². The van der Waals surface area contributed by atoms with Crippen LogP contribution in [0.5, 0.6) is 11.5 Å². The first kappa shape index (κ1) is 13.9. The Hall–Kier alpha value is -2.56. The molecule has 4 nitrogen and oxygen atoms in total. The van der Waals surface area contributed by atoms with E-state index in [0.29, 0.717) is 5.56 Å². The topological polar surface area (TPSA) is 55.8 Å². The number of ether oxygens (including phenoxy) is 2. The van der Waals surface area contributed by atoms with Gasteiger partial charge in [-0.2, -0.15) is 0 Å². The Balaban J connectivity index is 2.70. The molecule has 0 aliphatic heterocycles. The second kappa shape index (κ2) is 5.61. The molecule has 0 saturated carbocycles. The SMILES string of the molecule is COc1cccc(-c2cccc(C(=O)O)c2OC)c1F. The molecule has 0 unspecified atom stereocenters. The van der Waals surface area contributed by atoms with Crippen molar-refractivity contribution in [3.63, 3.8) is 0 Å². The van der Waals surface area contributed by atoms with Crippen molar-refractivity contribution < 1.29 is 23.8 Å². The zero-order valence-corrected chi connectivity index (χ0v) is 11.0. The molecule has 104 valence electrons. The minimum Gasteiger partial charge on any atom is -0.495 e. The standard InChI is InChI=1S/C15H13FO4/c1-19-12-8-4-5-9(13(12)16)10-6-3-7-11(15(17)18)14(10)20-2/h3-8H,1-2H3,(H,17,18). The Kier molecular flexibility index (Phi) is 3.89. The summed E-state index contributed by atoms with van der Waals surface area (Å²) in [5.74, 6) is -1.49. The third-order valence-corrected chi connectivity index (χ3v) is 2.92. The van der Waals surface area contributed by atoms with Gasteiger partial charge in [0, 0.05) is 11.1 Å². The maximum Gasteiger partial charge on any atom is 0.339 e. The molecule has 0 aliphatic carbocycles. The number of para-hydroxylation sites is 1. The molecule has 0 amide bonds. The van der Waals surface area contributed by atoms with Crippen molar-refractivity contribution in [3.8, 4) is 22.6 Å². The Morgan fingerprint density at radius 2 is 1.70 bits per heavy atom. The van der Waals surface area contributed by atoms with E-state index < -0.39 is 11.8 Å². The summed E-state index contributed by atoms with van der Waals surface area (Å²) in [6.45, 7) is 0. The second-order valence-corrected chi connectivity index (χ2v) is 4.01. The van der Waals surface area contributed by atoms with E-state index in [1.165, 1.54) is 26.4 Å². The molecule has 0 heterocycles. The monoisotopic (exact) mass is 276 g/mol. The van der Waals surface area contributed by atoms with Crippen LogP contribution in [0.2, 0.25) is 0 Å². The number of halogens is 1. The van der Waals surface area contributed by atoms with Gasteiger partial charge in [-0.05, 0) is 12.1 Å². The Morgan fingerprint density at radius 3 is 2.30 bits per heavy atom. The van der Waals surface area contributed by atoms with Crippen LogP contribution in [0.1, 0.15) is 10.4 Å². The molecule has 0 fully saturated rings. The van der Waals surface area contributed by atoms with E-state index in [9.17, 15) is 9.18 Å². The number of benzene rings is 2. The minimum atomic E-state index is -1.13. The minimum absolute atomic E-state index is 0.0211. The van der Waals surface area contributed by atoms with Crippen molar-refractivity contribution in [2.24, 2.45) is 0 Å². The van der Waals surface area contributed by atoms with Gasteiger partial charge in [0.05, 0.1) is 14.2 Å². The third kappa shape index (κ3) is 2.30. The molecule has 5 heteroatoms. The van der Waals surface area contributed by atoms with Crippen LogP contribution in [0, 0.1) is 5.82 Å². The van der Waals surface area contributed by atoms with Crippen LogP contribution in [0.25, 0.3) is 11.1 Å². The van der Waals surface area contributed by atoms with Crippen molar-refractivity contribution in [2.45, 2.75) is 0 Å². The third-order valence-electron chi connectivity index (χ3n) is 2.92. The van der Waals surface area contributed by atoms with E-state index in [1.54, 1.807) is 24.3 Å². The summed E-state index contributed by atoms with van der Waals surface area (Å²) in [6.07, 6.45) is 0. The second-order valence-electron chi connectivity index (χ2n) is 4.01. The summed E-state index contributed by atoms with van der Waals surface area (Å²) in [5.41, 5.74) is 0.570. The van der Waals surface area contributed by atoms with Gasteiger partial charge in [0.2, 0.25) is 0 Å². The van der Waals surface area contributed by atoms with Gasteiger partial charge in [0.25, 0.3) is 0 Å². The van der Waals surface area contributed by atoms with E-state index >= 15 is 0 Å². The Labute approximate surface area is 115 Å². The fourth-order valence-electron chi connectivity index (χ4n) is 2.01. The molecule has 0 atom stereocenters. The number of carbonyl (C=O) groups is 1. The normalized spacial score (nSPS) is 10.2. The molecule has 2 rings (SSSR count). The van der Waals surface area contributed by atoms with Crippen LogP contribution in [-0.2, 0) is 0 Å². The quantitative estimate of drug-likeness (QED) is 0.931. The van der Waals surface area contributed by atoms with Crippen LogP contribution in [0.4, 0.5) is 4.39 Å². The van der Waals surface area contributed by atoms with E-state index in [0.717, 1.165) is 0 Å². The fourth-order valence-corrected chi connectivity index (χ4v) is 2.01. The summed E-state index contributed by atoms with van der Waals surface area (Å²) in [6, 6.07) is 9.21. The maximum absolute atomic E-state index is 14.3. The van der Waals surface area contributed by atoms with Gasteiger partial charge in [-0.1, -0.05) is 24.3 Å². The van der Waals surface area contributed by atoms with Crippen LogP contribution in [0.3, 0.4) is 0 Å². The summed E-state index contributed by atoms with van der Waals surface area (Å²) < 4.78 is 24.3. The number of methoxy groups -OCH3 is 2. The molecule has 0 saturated heterocycles. The van der Waals surface area contributed by atoms with Crippen LogP contribution in [0.15, 0.2) is 36.4 Å². The first-order chi connectivity index (χ1) is 9.60. The predicted molar refractivity (Wildman–Crippen MR) is 71.9 cm³/mol. The van der Waals surface area contributed by atoms with Gasteiger partial charge in [0.15, 0.2) is 11.6 Å². The zero-order valence-electron chi connectivity index (χ0n) is 11.0. The van der Waals surface area contributed by atoms with Gasteiger partial charge in [-0.3, -0.25) is 0 Å². The fraction of sp³-hybridized carbons (Fsp3) is 0.133. The lowest BCUT2D eigenvalue weighted by Gasteiger charge is -2.13. The molecule has 0 radical (unpaired) electrons. The van der Waals surface area contributed by atoms with Crippen molar-refractivity contribution >= 4 is 5.97 Å². The number of carboxylic acid groups (broad SMARTS) is 1. The van der Waals surface area contributed by atoms with Gasteiger partial charge in [-0.25, -0.2) is 9.18 Å². The molecule has 2 aromatic carbocycles. The molecular formula is C15H13FO4. The number of hydrogen-bond acceptors (Lipinski definition) is 3. The van der Waals surface area contributed by atoms with E-state index in [2.05, 4.69) is 0 Å². The molecule has 0 aromatic heterocycles.